The van der Waals surface area contributed by atoms with Gasteiger partial charge in [-0.2, -0.15) is 0 Å². The van der Waals surface area contributed by atoms with Crippen LogP contribution in [0.3, 0.4) is 0 Å². The van der Waals surface area contributed by atoms with Crippen LogP contribution in [0.1, 0.15) is 39.0 Å². The third kappa shape index (κ3) is 4.24. The number of ether oxygens (including phenoxy) is 1. The Labute approximate surface area is 98.1 Å². The van der Waals surface area contributed by atoms with Crippen molar-refractivity contribution in [3.8, 4) is 12.3 Å². The standard InChI is InChI=1S/C13H21NO2/c1-3-11-16-12(2)13(15)14-9-7-5-4-6-8-10-14/h1,12H,4-11H2,2H3. The molecular formula is C13H21NO2. The summed E-state index contributed by atoms with van der Waals surface area (Å²) in [5.41, 5.74) is 0. The van der Waals surface area contributed by atoms with Crippen molar-refractivity contribution in [3.05, 3.63) is 0 Å². The molecule has 0 radical (unpaired) electrons. The van der Waals surface area contributed by atoms with E-state index in [1.807, 2.05) is 4.90 Å². The zero-order valence-electron chi connectivity index (χ0n) is 10.1. The second kappa shape index (κ2) is 7.29. The molecule has 0 aromatic rings. The molecule has 1 heterocycles. The van der Waals surface area contributed by atoms with E-state index in [1.54, 1.807) is 6.92 Å². The number of carbonyl (C=O) groups excluding carboxylic acids is 1. The number of rotatable bonds is 3. The molecule has 1 aliphatic rings. The largest absolute Gasteiger partial charge is 0.356 e. The topological polar surface area (TPSA) is 29.5 Å². The SMILES string of the molecule is C#CCOC(C)C(=O)N1CCCCCCC1. The zero-order chi connectivity index (χ0) is 11.8. The Hall–Kier alpha value is -1.01. The monoisotopic (exact) mass is 223 g/mol. The van der Waals surface area contributed by atoms with Gasteiger partial charge in [0, 0.05) is 13.1 Å². The van der Waals surface area contributed by atoms with E-state index in [1.165, 1.54) is 19.3 Å². The highest BCUT2D eigenvalue weighted by molar-refractivity contribution is 5.80. The molecule has 0 spiro atoms. The van der Waals surface area contributed by atoms with Crippen molar-refractivity contribution in [2.75, 3.05) is 19.7 Å². The summed E-state index contributed by atoms with van der Waals surface area (Å²) in [5, 5.41) is 0. The first-order valence-electron chi connectivity index (χ1n) is 6.09. The van der Waals surface area contributed by atoms with Crippen LogP contribution in [0, 0.1) is 12.3 Å². The van der Waals surface area contributed by atoms with E-state index in [0.29, 0.717) is 0 Å². The van der Waals surface area contributed by atoms with Crippen LogP contribution in [0.25, 0.3) is 0 Å². The molecule has 0 bridgehead atoms. The van der Waals surface area contributed by atoms with Gasteiger partial charge in [0.05, 0.1) is 0 Å². The van der Waals surface area contributed by atoms with E-state index in [4.69, 9.17) is 11.2 Å². The van der Waals surface area contributed by atoms with Crippen LogP contribution in [0.4, 0.5) is 0 Å². The van der Waals surface area contributed by atoms with Crippen LogP contribution in [0.2, 0.25) is 0 Å². The number of amides is 1. The molecule has 16 heavy (non-hydrogen) atoms. The van der Waals surface area contributed by atoms with Gasteiger partial charge in [0.15, 0.2) is 0 Å². The third-order valence-corrected chi connectivity index (χ3v) is 2.93. The number of hydrogen-bond donors (Lipinski definition) is 0. The molecule has 1 unspecified atom stereocenters. The van der Waals surface area contributed by atoms with Crippen molar-refractivity contribution < 1.29 is 9.53 Å². The molecular weight excluding hydrogens is 202 g/mol. The van der Waals surface area contributed by atoms with Crippen molar-refractivity contribution in [3.63, 3.8) is 0 Å². The third-order valence-electron chi connectivity index (χ3n) is 2.93. The first kappa shape index (κ1) is 13.1. The van der Waals surface area contributed by atoms with Crippen LogP contribution in [-0.4, -0.2) is 36.6 Å². The molecule has 1 amide bonds. The van der Waals surface area contributed by atoms with Gasteiger partial charge in [-0.3, -0.25) is 4.79 Å². The van der Waals surface area contributed by atoms with Crippen LogP contribution >= 0.6 is 0 Å². The Kier molecular flexibility index (Phi) is 5.95. The highest BCUT2D eigenvalue weighted by Gasteiger charge is 2.20. The zero-order valence-corrected chi connectivity index (χ0v) is 10.1. The maximum Gasteiger partial charge on any atom is 0.251 e. The fourth-order valence-corrected chi connectivity index (χ4v) is 1.97. The lowest BCUT2D eigenvalue weighted by atomic mass is 10.1. The minimum absolute atomic E-state index is 0.0807. The molecule has 1 aliphatic heterocycles. The predicted octanol–water partition coefficient (Wildman–Crippen LogP) is 1.82. The molecule has 0 saturated carbocycles. The van der Waals surface area contributed by atoms with Gasteiger partial charge in [0.1, 0.15) is 12.7 Å². The maximum atomic E-state index is 12.0. The van der Waals surface area contributed by atoms with Gasteiger partial charge in [-0.25, -0.2) is 0 Å². The average molecular weight is 223 g/mol. The van der Waals surface area contributed by atoms with E-state index in [2.05, 4.69) is 5.92 Å². The molecule has 1 rings (SSSR count). The van der Waals surface area contributed by atoms with Crippen molar-refractivity contribution in [1.82, 2.24) is 4.90 Å². The fraction of sp³-hybridized carbons (Fsp3) is 0.769. The summed E-state index contributed by atoms with van der Waals surface area (Å²) >= 11 is 0. The summed E-state index contributed by atoms with van der Waals surface area (Å²) in [6.45, 7) is 3.71. The summed E-state index contributed by atoms with van der Waals surface area (Å²) in [4.78, 5) is 13.9. The van der Waals surface area contributed by atoms with E-state index in [0.717, 1.165) is 25.9 Å². The first-order valence-corrected chi connectivity index (χ1v) is 6.09. The van der Waals surface area contributed by atoms with E-state index in [9.17, 15) is 4.79 Å². The lowest BCUT2D eigenvalue weighted by molar-refractivity contribution is -0.142. The smallest absolute Gasteiger partial charge is 0.251 e. The Balaban J connectivity index is 2.40. The molecule has 0 aromatic heterocycles. The van der Waals surface area contributed by atoms with Gasteiger partial charge in [-0.1, -0.05) is 25.2 Å². The van der Waals surface area contributed by atoms with Crippen LogP contribution in [0.5, 0.6) is 0 Å². The summed E-state index contributed by atoms with van der Waals surface area (Å²) in [6, 6.07) is 0. The molecule has 0 N–H and O–H groups in total. The number of carbonyl (C=O) groups is 1. The van der Waals surface area contributed by atoms with E-state index < -0.39 is 6.10 Å². The maximum absolute atomic E-state index is 12.0. The second-order valence-electron chi connectivity index (χ2n) is 4.25. The highest BCUT2D eigenvalue weighted by atomic mass is 16.5. The average Bonchev–Trinajstić information content (AvgIpc) is 2.24. The Bertz CT molecular complexity index is 249. The van der Waals surface area contributed by atoms with Crippen LogP contribution in [-0.2, 0) is 9.53 Å². The van der Waals surface area contributed by atoms with Crippen LogP contribution in [0.15, 0.2) is 0 Å². The normalized spacial score (nSPS) is 19.4. The second-order valence-corrected chi connectivity index (χ2v) is 4.25. The van der Waals surface area contributed by atoms with Crippen LogP contribution < -0.4 is 0 Å². The number of likely N-dealkylation sites (tertiary alicyclic amines) is 1. The molecule has 0 aliphatic carbocycles. The van der Waals surface area contributed by atoms with Crippen molar-refractivity contribution >= 4 is 5.91 Å². The lowest BCUT2D eigenvalue weighted by Crippen LogP contribution is -2.40. The Morgan fingerprint density at radius 1 is 1.31 bits per heavy atom. The van der Waals surface area contributed by atoms with Gasteiger partial charge in [0.2, 0.25) is 0 Å². The summed E-state index contributed by atoms with van der Waals surface area (Å²) < 4.78 is 5.25. The molecule has 90 valence electrons. The Morgan fingerprint density at radius 3 is 2.44 bits per heavy atom. The van der Waals surface area contributed by atoms with Gasteiger partial charge >= 0.3 is 0 Å². The predicted molar refractivity (Wildman–Crippen MR) is 63.9 cm³/mol. The minimum atomic E-state index is -0.407. The molecule has 3 nitrogen and oxygen atoms in total. The fourth-order valence-electron chi connectivity index (χ4n) is 1.97. The van der Waals surface area contributed by atoms with Gasteiger partial charge in [-0.05, 0) is 19.8 Å². The number of hydrogen-bond acceptors (Lipinski definition) is 2. The van der Waals surface area contributed by atoms with E-state index in [-0.39, 0.29) is 12.5 Å². The molecule has 3 heteroatoms. The van der Waals surface area contributed by atoms with Gasteiger partial charge < -0.3 is 9.64 Å². The molecule has 1 saturated heterocycles. The van der Waals surface area contributed by atoms with Crippen molar-refractivity contribution in [2.24, 2.45) is 0 Å². The first-order chi connectivity index (χ1) is 7.75. The Morgan fingerprint density at radius 2 is 1.88 bits per heavy atom. The molecule has 1 atom stereocenters. The highest BCUT2D eigenvalue weighted by Crippen LogP contribution is 2.12. The van der Waals surface area contributed by atoms with Gasteiger partial charge in [-0.15, -0.1) is 6.42 Å². The quantitative estimate of drug-likeness (QED) is 0.683. The minimum Gasteiger partial charge on any atom is -0.356 e. The number of nitrogens with zero attached hydrogens (tertiary/aromatic N) is 1. The lowest BCUT2D eigenvalue weighted by Gasteiger charge is -2.27. The van der Waals surface area contributed by atoms with Gasteiger partial charge in [0.25, 0.3) is 5.91 Å². The van der Waals surface area contributed by atoms with Crippen molar-refractivity contribution in [2.45, 2.75) is 45.1 Å². The summed E-state index contributed by atoms with van der Waals surface area (Å²) in [6.07, 6.45) is 10.7. The molecule has 1 fully saturated rings. The van der Waals surface area contributed by atoms with E-state index >= 15 is 0 Å². The molecule has 0 aromatic carbocycles. The summed E-state index contributed by atoms with van der Waals surface area (Å²) in [7, 11) is 0. The summed E-state index contributed by atoms with van der Waals surface area (Å²) in [5.74, 6) is 2.47. The van der Waals surface area contributed by atoms with Crippen molar-refractivity contribution in [1.29, 1.82) is 0 Å². The number of terminal acetylenes is 1.